The molecule has 6 nitrogen and oxygen atoms in total. The second-order valence-corrected chi connectivity index (χ2v) is 10.2. The number of alkyl halides is 3. The minimum Gasteiger partial charge on any atom is -0.387 e. The van der Waals surface area contributed by atoms with Gasteiger partial charge in [0.05, 0.1) is 29.0 Å². The summed E-state index contributed by atoms with van der Waals surface area (Å²) in [5.74, 6) is -2.00. The van der Waals surface area contributed by atoms with Gasteiger partial charge in [0, 0.05) is 30.6 Å². The summed E-state index contributed by atoms with van der Waals surface area (Å²) < 4.78 is 53.7. The number of hydrogen-bond donors (Lipinski definition) is 2. The van der Waals surface area contributed by atoms with Crippen LogP contribution in [0, 0.1) is 5.82 Å². The number of hydrogen-bond acceptors (Lipinski definition) is 5. The fourth-order valence-corrected chi connectivity index (χ4v) is 6.15. The van der Waals surface area contributed by atoms with Gasteiger partial charge in [0.2, 0.25) is 5.91 Å². The van der Waals surface area contributed by atoms with Gasteiger partial charge in [-0.05, 0) is 62.3 Å². The number of aliphatic hydroxyl groups excluding tert-OH is 1. The normalized spacial score (nSPS) is 25.7. The third-order valence-electron chi connectivity index (χ3n) is 7.95. The van der Waals surface area contributed by atoms with Gasteiger partial charge in [-0.2, -0.15) is 13.2 Å². The first kappa shape index (κ1) is 25.1. The molecule has 2 aliphatic heterocycles. The molecule has 1 aromatic carbocycles. The second kappa shape index (κ2) is 9.70. The van der Waals surface area contributed by atoms with E-state index < -0.39 is 29.6 Å². The van der Waals surface area contributed by atoms with E-state index in [4.69, 9.17) is 0 Å². The summed E-state index contributed by atoms with van der Waals surface area (Å²) in [4.78, 5) is 24.3. The van der Waals surface area contributed by atoms with Gasteiger partial charge in [-0.1, -0.05) is 13.0 Å². The molecule has 0 bridgehead atoms. The number of nitrogens with one attached hydrogen (secondary N) is 1. The molecule has 10 heteroatoms. The van der Waals surface area contributed by atoms with Crippen molar-refractivity contribution in [3.63, 3.8) is 0 Å². The summed E-state index contributed by atoms with van der Waals surface area (Å²) in [7, 11) is 0. The van der Waals surface area contributed by atoms with Gasteiger partial charge < -0.3 is 15.3 Å². The smallest absolute Gasteiger partial charge is 0.387 e. The standard InChI is InChI=1S/C26H30F4N4O2/c1-14-11-20(35)24-21(14)23(32-13-33-24)15-6-9-34(10-7-15)25(36)22(19-3-2-8-31-19)16-4-5-17(18(27)12-16)26(28,29)30/h4-5,12-15,19-20,22,31,35H,2-3,6-11H2,1H3/t14-,19+,20+,22+/m1/s1. The second-order valence-electron chi connectivity index (χ2n) is 10.2. The molecule has 2 aromatic rings. The zero-order valence-electron chi connectivity index (χ0n) is 20.1. The van der Waals surface area contributed by atoms with E-state index in [1.807, 2.05) is 0 Å². The van der Waals surface area contributed by atoms with E-state index in [0.717, 1.165) is 29.8 Å². The fourth-order valence-electron chi connectivity index (χ4n) is 6.15. The highest BCUT2D eigenvalue weighted by molar-refractivity contribution is 5.85. The van der Waals surface area contributed by atoms with Gasteiger partial charge in [-0.3, -0.25) is 4.79 Å². The highest BCUT2D eigenvalue weighted by Crippen LogP contribution is 2.44. The highest BCUT2D eigenvalue weighted by atomic mass is 19.4. The zero-order chi connectivity index (χ0) is 25.6. The molecule has 1 amide bonds. The molecular formula is C26H30F4N4O2. The van der Waals surface area contributed by atoms with Crippen LogP contribution in [0.15, 0.2) is 24.5 Å². The molecule has 2 N–H and O–H groups in total. The molecule has 3 heterocycles. The Kier molecular flexibility index (Phi) is 6.76. The summed E-state index contributed by atoms with van der Waals surface area (Å²) in [6.45, 7) is 3.72. The highest BCUT2D eigenvalue weighted by Gasteiger charge is 2.40. The van der Waals surface area contributed by atoms with Crippen molar-refractivity contribution in [2.45, 2.75) is 75.1 Å². The molecule has 194 valence electrons. The number of nitrogens with zero attached hydrogens (tertiary/aromatic N) is 3. The number of carbonyl (C=O) groups excluding carboxylic acids is 1. The molecule has 0 radical (unpaired) electrons. The molecule has 36 heavy (non-hydrogen) atoms. The number of carbonyl (C=O) groups is 1. The van der Waals surface area contributed by atoms with Crippen LogP contribution in [0.4, 0.5) is 17.6 Å². The van der Waals surface area contributed by atoms with Crippen LogP contribution >= 0.6 is 0 Å². The summed E-state index contributed by atoms with van der Waals surface area (Å²) in [5.41, 5.74) is 1.60. The molecule has 4 atom stereocenters. The maximum Gasteiger partial charge on any atom is 0.419 e. The molecule has 3 aliphatic rings. The van der Waals surface area contributed by atoms with E-state index in [0.29, 0.717) is 51.0 Å². The van der Waals surface area contributed by atoms with Crippen LogP contribution in [0.3, 0.4) is 0 Å². The molecule has 1 aromatic heterocycles. The number of halogens is 4. The molecule has 0 spiro atoms. The van der Waals surface area contributed by atoms with E-state index in [9.17, 15) is 27.5 Å². The number of piperidine rings is 1. The van der Waals surface area contributed by atoms with Crippen molar-refractivity contribution < 1.29 is 27.5 Å². The summed E-state index contributed by atoms with van der Waals surface area (Å²) >= 11 is 0. The number of benzene rings is 1. The number of likely N-dealkylation sites (tertiary alicyclic amines) is 1. The van der Waals surface area contributed by atoms with Gasteiger partial charge in [0.15, 0.2) is 0 Å². The quantitative estimate of drug-likeness (QED) is 0.601. The van der Waals surface area contributed by atoms with Crippen LogP contribution in [-0.2, 0) is 11.0 Å². The van der Waals surface area contributed by atoms with Crippen molar-refractivity contribution in [2.75, 3.05) is 19.6 Å². The van der Waals surface area contributed by atoms with Crippen molar-refractivity contribution in [3.8, 4) is 0 Å². The molecule has 1 aliphatic carbocycles. The van der Waals surface area contributed by atoms with E-state index in [2.05, 4.69) is 22.2 Å². The molecule has 0 saturated carbocycles. The first-order valence-electron chi connectivity index (χ1n) is 12.6. The largest absolute Gasteiger partial charge is 0.419 e. The Morgan fingerprint density at radius 2 is 1.89 bits per heavy atom. The maximum atomic E-state index is 14.4. The number of amides is 1. The Bertz CT molecular complexity index is 1130. The van der Waals surface area contributed by atoms with Crippen LogP contribution in [0.25, 0.3) is 0 Å². The predicted octanol–water partition coefficient (Wildman–Crippen LogP) is 4.42. The lowest BCUT2D eigenvalue weighted by molar-refractivity contribution is -0.140. The summed E-state index contributed by atoms with van der Waals surface area (Å²) in [6.07, 6.45) is -0.335. The lowest BCUT2D eigenvalue weighted by atomic mass is 9.85. The Morgan fingerprint density at radius 3 is 2.53 bits per heavy atom. The lowest BCUT2D eigenvalue weighted by Crippen LogP contribution is -2.45. The minimum atomic E-state index is -4.79. The van der Waals surface area contributed by atoms with Gasteiger partial charge in [-0.25, -0.2) is 14.4 Å². The van der Waals surface area contributed by atoms with E-state index in [1.165, 1.54) is 12.4 Å². The van der Waals surface area contributed by atoms with Crippen LogP contribution in [-0.4, -0.2) is 51.6 Å². The molecular weight excluding hydrogens is 476 g/mol. The number of aromatic nitrogens is 2. The average molecular weight is 507 g/mol. The van der Waals surface area contributed by atoms with Crippen LogP contribution in [0.2, 0.25) is 0 Å². The maximum absolute atomic E-state index is 14.4. The molecule has 5 rings (SSSR count). The van der Waals surface area contributed by atoms with Crippen molar-refractivity contribution in [1.29, 1.82) is 0 Å². The molecule has 0 unspecified atom stereocenters. The third-order valence-corrected chi connectivity index (χ3v) is 7.95. The first-order chi connectivity index (χ1) is 17.1. The van der Waals surface area contributed by atoms with Crippen molar-refractivity contribution in [2.24, 2.45) is 0 Å². The summed E-state index contributed by atoms with van der Waals surface area (Å²) in [6, 6.07) is 2.59. The average Bonchev–Trinajstić information content (AvgIpc) is 3.47. The minimum absolute atomic E-state index is 0.130. The van der Waals surface area contributed by atoms with E-state index >= 15 is 0 Å². The van der Waals surface area contributed by atoms with Crippen molar-refractivity contribution >= 4 is 5.91 Å². The van der Waals surface area contributed by atoms with Gasteiger partial charge >= 0.3 is 6.18 Å². The van der Waals surface area contributed by atoms with Crippen LogP contribution < -0.4 is 5.32 Å². The zero-order valence-corrected chi connectivity index (χ0v) is 20.1. The Hall–Kier alpha value is -2.59. The van der Waals surface area contributed by atoms with Gasteiger partial charge in [-0.15, -0.1) is 0 Å². The van der Waals surface area contributed by atoms with E-state index in [1.54, 1.807) is 4.90 Å². The Labute approximate surface area is 207 Å². The monoisotopic (exact) mass is 506 g/mol. The van der Waals surface area contributed by atoms with Gasteiger partial charge in [0.25, 0.3) is 0 Å². The van der Waals surface area contributed by atoms with E-state index in [-0.39, 0.29) is 29.3 Å². The number of fused-ring (bicyclic) bond motifs is 1. The van der Waals surface area contributed by atoms with Crippen molar-refractivity contribution in [3.05, 3.63) is 58.4 Å². The first-order valence-corrected chi connectivity index (χ1v) is 12.6. The molecule has 2 saturated heterocycles. The van der Waals surface area contributed by atoms with Crippen LogP contribution in [0.5, 0.6) is 0 Å². The third kappa shape index (κ3) is 4.61. The van der Waals surface area contributed by atoms with Crippen LogP contribution in [0.1, 0.15) is 91.0 Å². The number of rotatable bonds is 4. The van der Waals surface area contributed by atoms with Gasteiger partial charge in [0.1, 0.15) is 12.1 Å². The SMILES string of the molecule is C[C@@H]1C[C@H](O)c2ncnc(C3CCN(C(=O)[C@@H](c4ccc(C(F)(F)F)c(F)c4)[C@@H]4CCCN4)CC3)c21. The summed E-state index contributed by atoms with van der Waals surface area (Å²) in [5, 5.41) is 13.6. The Balaban J connectivity index is 1.35. The predicted molar refractivity (Wildman–Crippen MR) is 124 cm³/mol. The lowest BCUT2D eigenvalue weighted by Gasteiger charge is -2.36. The molecule has 2 fully saturated rings. The fraction of sp³-hybridized carbons (Fsp3) is 0.577. The van der Waals surface area contributed by atoms with Crippen molar-refractivity contribution in [1.82, 2.24) is 20.2 Å². The Morgan fingerprint density at radius 1 is 1.17 bits per heavy atom. The number of aliphatic hydroxyl groups is 1. The topological polar surface area (TPSA) is 78.4 Å².